The van der Waals surface area contributed by atoms with E-state index in [2.05, 4.69) is 11.6 Å². The van der Waals surface area contributed by atoms with Gasteiger partial charge >= 0.3 is 5.97 Å². The highest BCUT2D eigenvalue weighted by Crippen LogP contribution is 2.31. The first-order valence-corrected chi connectivity index (χ1v) is 12.8. The highest BCUT2D eigenvalue weighted by atomic mass is 32.1. The van der Waals surface area contributed by atoms with E-state index < -0.39 is 12.0 Å². The summed E-state index contributed by atoms with van der Waals surface area (Å²) >= 11 is 1.32. The molecule has 6 nitrogen and oxygen atoms in total. The number of hydrogen-bond acceptors (Lipinski definition) is 6. The number of thiazole rings is 1. The average Bonchev–Trinajstić information content (AvgIpc) is 3.21. The van der Waals surface area contributed by atoms with Gasteiger partial charge < -0.3 is 9.47 Å². The molecule has 0 aliphatic carbocycles. The highest BCUT2D eigenvalue weighted by Gasteiger charge is 2.33. The molecule has 2 heterocycles. The van der Waals surface area contributed by atoms with E-state index in [-0.39, 0.29) is 12.2 Å². The van der Waals surface area contributed by atoms with Gasteiger partial charge in [-0.15, -0.1) is 0 Å². The number of rotatable bonds is 7. The number of carbonyl (C=O) groups is 1. The summed E-state index contributed by atoms with van der Waals surface area (Å²) in [4.78, 5) is 32.1. The molecule has 0 fully saturated rings. The van der Waals surface area contributed by atoms with Crippen molar-refractivity contribution in [1.82, 2.24) is 4.57 Å². The van der Waals surface area contributed by atoms with Gasteiger partial charge in [0, 0.05) is 0 Å². The molecule has 0 unspecified atom stereocenters. The number of ether oxygens (including phenoxy) is 2. The second-order valence-corrected chi connectivity index (χ2v) is 9.55. The maximum absolute atomic E-state index is 13.9. The Kier molecular flexibility index (Phi) is 6.88. The lowest BCUT2D eigenvalue weighted by molar-refractivity contribution is -0.139. The van der Waals surface area contributed by atoms with Crippen molar-refractivity contribution in [2.75, 3.05) is 13.2 Å². The van der Waals surface area contributed by atoms with Crippen LogP contribution >= 0.6 is 11.3 Å². The summed E-state index contributed by atoms with van der Waals surface area (Å²) < 4.78 is 13.1. The van der Waals surface area contributed by atoms with Crippen LogP contribution in [-0.4, -0.2) is 23.8 Å². The largest absolute Gasteiger partial charge is 0.490 e. The van der Waals surface area contributed by atoms with Crippen LogP contribution in [0.2, 0.25) is 0 Å². The lowest BCUT2D eigenvalue weighted by Gasteiger charge is -2.24. The molecule has 186 valence electrons. The third kappa shape index (κ3) is 4.66. The lowest BCUT2D eigenvalue weighted by Crippen LogP contribution is -2.39. The van der Waals surface area contributed by atoms with E-state index in [0.717, 1.165) is 21.9 Å². The average molecular weight is 511 g/mol. The Bertz CT molecular complexity index is 1710. The van der Waals surface area contributed by atoms with Gasteiger partial charge in [-0.25, -0.2) is 9.79 Å². The second kappa shape index (κ2) is 10.4. The number of fused-ring (bicyclic) bond motifs is 2. The molecule has 7 heteroatoms. The van der Waals surface area contributed by atoms with Crippen molar-refractivity contribution in [3.8, 4) is 5.75 Å². The van der Waals surface area contributed by atoms with Crippen molar-refractivity contribution >= 4 is 34.2 Å². The smallest absolute Gasteiger partial charge is 0.338 e. The molecule has 1 aromatic heterocycles. The Morgan fingerprint density at radius 3 is 2.62 bits per heavy atom. The number of allylic oxidation sites excluding steroid dienone is 1. The van der Waals surface area contributed by atoms with Gasteiger partial charge in [0.2, 0.25) is 0 Å². The minimum absolute atomic E-state index is 0.206. The third-order valence-electron chi connectivity index (χ3n) is 6.19. The van der Waals surface area contributed by atoms with Crippen LogP contribution in [-0.2, 0) is 9.53 Å². The molecular weight excluding hydrogens is 484 g/mol. The topological polar surface area (TPSA) is 69.9 Å². The third-order valence-corrected chi connectivity index (χ3v) is 7.17. The highest BCUT2D eigenvalue weighted by molar-refractivity contribution is 7.07. The molecule has 1 aliphatic heterocycles. The number of esters is 1. The molecule has 0 amide bonds. The van der Waals surface area contributed by atoms with Crippen LogP contribution in [0.1, 0.15) is 31.0 Å². The summed E-state index contributed by atoms with van der Waals surface area (Å²) in [5.74, 6) is 0.189. The van der Waals surface area contributed by atoms with Crippen molar-refractivity contribution in [3.05, 3.63) is 121 Å². The van der Waals surface area contributed by atoms with Crippen molar-refractivity contribution in [2.24, 2.45) is 4.99 Å². The molecule has 0 saturated heterocycles. The molecule has 5 rings (SSSR count). The van der Waals surface area contributed by atoms with E-state index in [1.807, 2.05) is 72.8 Å². The first-order valence-electron chi connectivity index (χ1n) is 12.0. The summed E-state index contributed by atoms with van der Waals surface area (Å²) in [6.45, 7) is 7.82. The summed E-state index contributed by atoms with van der Waals surface area (Å²) in [6, 6.07) is 20.8. The zero-order valence-corrected chi connectivity index (χ0v) is 21.5. The van der Waals surface area contributed by atoms with Crippen molar-refractivity contribution in [2.45, 2.75) is 19.9 Å². The van der Waals surface area contributed by atoms with Crippen LogP contribution in [0.4, 0.5) is 0 Å². The number of hydrogen-bond donors (Lipinski definition) is 0. The van der Waals surface area contributed by atoms with E-state index in [0.29, 0.717) is 33.0 Å². The van der Waals surface area contributed by atoms with E-state index in [1.54, 1.807) is 24.5 Å². The van der Waals surface area contributed by atoms with Gasteiger partial charge in [-0.05, 0) is 54.0 Å². The first-order chi connectivity index (χ1) is 18.0. The molecule has 3 aromatic carbocycles. The molecule has 0 spiro atoms. The minimum atomic E-state index is -0.668. The fourth-order valence-corrected chi connectivity index (χ4v) is 5.56. The molecule has 37 heavy (non-hydrogen) atoms. The number of aromatic nitrogens is 1. The fraction of sp³-hybridized carbons (Fsp3) is 0.167. The fourth-order valence-electron chi connectivity index (χ4n) is 4.53. The van der Waals surface area contributed by atoms with Crippen LogP contribution < -0.4 is 19.6 Å². The molecule has 1 aliphatic rings. The zero-order valence-electron chi connectivity index (χ0n) is 20.6. The van der Waals surface area contributed by atoms with Crippen LogP contribution in [0.3, 0.4) is 0 Å². The minimum Gasteiger partial charge on any atom is -0.490 e. The normalized spacial score (nSPS) is 15.3. The number of benzene rings is 3. The Labute approximate surface area is 218 Å². The number of carbonyl (C=O) groups excluding carboxylic acids is 1. The molecule has 1 atom stereocenters. The van der Waals surface area contributed by atoms with E-state index >= 15 is 0 Å². The van der Waals surface area contributed by atoms with Crippen LogP contribution in [0.5, 0.6) is 5.75 Å². The van der Waals surface area contributed by atoms with Gasteiger partial charge in [-0.2, -0.15) is 0 Å². The molecule has 0 N–H and O–H groups in total. The first kappa shape index (κ1) is 24.5. The molecular formula is C30H26N2O4S. The quantitative estimate of drug-likeness (QED) is 0.271. The lowest BCUT2D eigenvalue weighted by atomic mass is 9.96. The second-order valence-electron chi connectivity index (χ2n) is 8.54. The van der Waals surface area contributed by atoms with E-state index in [1.165, 1.54) is 11.3 Å². The Morgan fingerprint density at radius 1 is 1.11 bits per heavy atom. The van der Waals surface area contributed by atoms with Gasteiger partial charge in [0.15, 0.2) is 4.80 Å². The van der Waals surface area contributed by atoms with Crippen LogP contribution in [0, 0.1) is 0 Å². The maximum atomic E-state index is 13.9. The molecule has 4 aromatic rings. The SMILES string of the molecule is C=CCOc1ccc([C@H]2C(C(=O)OCC)=C(C)N=c3s/c(=C\c4cccc5ccccc45)c(=O)n32)cc1. The molecule has 0 radical (unpaired) electrons. The van der Waals surface area contributed by atoms with Crippen LogP contribution in [0.25, 0.3) is 16.8 Å². The Morgan fingerprint density at radius 2 is 1.86 bits per heavy atom. The predicted molar refractivity (Wildman–Crippen MR) is 146 cm³/mol. The molecule has 0 bridgehead atoms. The van der Waals surface area contributed by atoms with E-state index in [4.69, 9.17) is 9.47 Å². The predicted octanol–water partition coefficient (Wildman–Crippen LogP) is 4.52. The molecule has 0 saturated carbocycles. The Balaban J connectivity index is 1.69. The summed E-state index contributed by atoms with van der Waals surface area (Å²) in [5, 5.41) is 2.16. The van der Waals surface area contributed by atoms with Gasteiger partial charge in [0.05, 0.1) is 28.5 Å². The van der Waals surface area contributed by atoms with Gasteiger partial charge in [0.25, 0.3) is 5.56 Å². The summed E-state index contributed by atoms with van der Waals surface area (Å²) in [5.41, 5.74) is 2.40. The summed E-state index contributed by atoms with van der Waals surface area (Å²) in [7, 11) is 0. The van der Waals surface area contributed by atoms with Crippen LogP contribution in [0.15, 0.2) is 100 Å². The maximum Gasteiger partial charge on any atom is 0.338 e. The van der Waals surface area contributed by atoms with Gasteiger partial charge in [0.1, 0.15) is 12.4 Å². The number of nitrogens with zero attached hydrogens (tertiary/aromatic N) is 2. The van der Waals surface area contributed by atoms with Gasteiger partial charge in [-0.3, -0.25) is 9.36 Å². The zero-order chi connectivity index (χ0) is 25.9. The summed E-state index contributed by atoms with van der Waals surface area (Å²) in [6.07, 6.45) is 3.57. The van der Waals surface area contributed by atoms with Crippen molar-refractivity contribution < 1.29 is 14.3 Å². The standard InChI is InChI=1S/C30H26N2O4S/c1-4-17-36-23-15-13-21(14-16-23)27-26(29(34)35-5-2)19(3)31-30-32(27)28(33)25(37-30)18-22-11-8-10-20-9-6-7-12-24(20)22/h4,6-16,18,27H,1,5,17H2,2-3H3/b25-18-/t27-/m0/s1. The van der Waals surface area contributed by atoms with Crippen molar-refractivity contribution in [3.63, 3.8) is 0 Å². The Hall–Kier alpha value is -4.23. The monoisotopic (exact) mass is 510 g/mol. The van der Waals surface area contributed by atoms with E-state index in [9.17, 15) is 9.59 Å². The van der Waals surface area contributed by atoms with Crippen molar-refractivity contribution in [1.29, 1.82) is 0 Å². The van der Waals surface area contributed by atoms with Gasteiger partial charge in [-0.1, -0.05) is 78.6 Å².